The maximum atomic E-state index is 13.0. The van der Waals surface area contributed by atoms with Gasteiger partial charge < -0.3 is 14.6 Å². The number of rotatable bonds is 3. The summed E-state index contributed by atoms with van der Waals surface area (Å²) in [6.07, 6.45) is 5.75. The number of furan rings is 1. The molecule has 5 nitrogen and oxygen atoms in total. The van der Waals surface area contributed by atoms with Crippen LogP contribution < -0.4 is 10.2 Å². The summed E-state index contributed by atoms with van der Waals surface area (Å²) in [4.78, 5) is 27.5. The van der Waals surface area contributed by atoms with Gasteiger partial charge in [0.05, 0.1) is 12.0 Å². The summed E-state index contributed by atoms with van der Waals surface area (Å²) in [5.41, 5.74) is 4.60. The Kier molecular flexibility index (Phi) is 4.62. The molecule has 1 N–H and O–H groups in total. The van der Waals surface area contributed by atoms with E-state index < -0.39 is 0 Å². The predicted molar refractivity (Wildman–Crippen MR) is 104 cm³/mol. The summed E-state index contributed by atoms with van der Waals surface area (Å²) in [6.45, 7) is 1.91. The predicted octanol–water partition coefficient (Wildman–Crippen LogP) is 5.06. The lowest BCUT2D eigenvalue weighted by Gasteiger charge is -2.36. The van der Waals surface area contributed by atoms with Gasteiger partial charge in [-0.1, -0.05) is 11.6 Å². The Balaban J connectivity index is 1.71. The molecular weight excluding hydrogens is 364 g/mol. The Labute approximate surface area is 162 Å². The molecule has 0 atom stereocenters. The number of carbonyl (C=O) groups is 2. The molecular formula is C21H19ClN2O3. The van der Waals surface area contributed by atoms with E-state index in [-0.39, 0.29) is 11.7 Å². The van der Waals surface area contributed by atoms with E-state index in [1.807, 2.05) is 17.9 Å². The van der Waals surface area contributed by atoms with Crippen LogP contribution in [-0.2, 0) is 9.59 Å². The van der Waals surface area contributed by atoms with Crippen LogP contribution in [0.1, 0.15) is 32.6 Å². The molecule has 0 saturated heterocycles. The first-order valence-corrected chi connectivity index (χ1v) is 9.26. The van der Waals surface area contributed by atoms with Gasteiger partial charge in [-0.05, 0) is 44.0 Å². The van der Waals surface area contributed by atoms with Gasteiger partial charge in [-0.15, -0.1) is 0 Å². The van der Waals surface area contributed by atoms with Crippen LogP contribution in [0.15, 0.2) is 69.8 Å². The number of Topliss-reactive ketones (excluding diaryl/α,β-unsaturated/α-hetero) is 1. The van der Waals surface area contributed by atoms with Gasteiger partial charge >= 0.3 is 0 Å². The molecule has 1 aliphatic heterocycles. The molecule has 1 aromatic carbocycles. The molecule has 4 rings (SSSR count). The number of hydrogen-bond acceptors (Lipinski definition) is 4. The molecule has 1 aliphatic carbocycles. The fourth-order valence-electron chi connectivity index (χ4n) is 3.69. The largest absolute Gasteiger partial charge is 0.470 e. The van der Waals surface area contributed by atoms with Crippen LogP contribution in [0, 0.1) is 0 Å². The minimum Gasteiger partial charge on any atom is -0.470 e. The van der Waals surface area contributed by atoms with E-state index in [1.165, 1.54) is 0 Å². The number of nitrogens with zero attached hydrogens (tertiary/aromatic N) is 1. The molecule has 0 unspecified atom stereocenters. The van der Waals surface area contributed by atoms with E-state index in [0.717, 1.165) is 35.5 Å². The molecule has 6 heteroatoms. The molecule has 0 bridgehead atoms. The molecule has 0 fully saturated rings. The van der Waals surface area contributed by atoms with E-state index in [9.17, 15) is 9.59 Å². The maximum Gasteiger partial charge on any atom is 0.253 e. The van der Waals surface area contributed by atoms with Crippen LogP contribution >= 0.6 is 11.6 Å². The van der Waals surface area contributed by atoms with Crippen molar-refractivity contribution in [2.24, 2.45) is 0 Å². The van der Waals surface area contributed by atoms with Crippen molar-refractivity contribution in [2.45, 2.75) is 32.6 Å². The second kappa shape index (κ2) is 7.08. The minimum absolute atomic E-state index is 0.119. The third kappa shape index (κ3) is 3.30. The van der Waals surface area contributed by atoms with E-state index in [4.69, 9.17) is 16.0 Å². The van der Waals surface area contributed by atoms with Crippen molar-refractivity contribution >= 4 is 34.7 Å². The van der Waals surface area contributed by atoms with Gasteiger partial charge in [0.1, 0.15) is 6.26 Å². The number of nitrogens with one attached hydrogen (secondary N) is 1. The molecule has 1 amide bonds. The van der Waals surface area contributed by atoms with Gasteiger partial charge in [-0.2, -0.15) is 0 Å². The van der Waals surface area contributed by atoms with Crippen LogP contribution in [0.5, 0.6) is 0 Å². The van der Waals surface area contributed by atoms with Crippen molar-refractivity contribution in [3.8, 4) is 0 Å². The zero-order valence-corrected chi connectivity index (χ0v) is 15.7. The number of benzene rings is 1. The first-order valence-electron chi connectivity index (χ1n) is 8.89. The number of hydrogen-bond donors (Lipinski definition) is 1. The van der Waals surface area contributed by atoms with Gasteiger partial charge in [0.25, 0.3) is 5.91 Å². The number of allylic oxidation sites excluding steroid dienone is 3. The van der Waals surface area contributed by atoms with Crippen molar-refractivity contribution in [2.75, 3.05) is 10.2 Å². The Hall–Kier alpha value is -2.79. The summed E-state index contributed by atoms with van der Waals surface area (Å²) in [7, 11) is 0. The van der Waals surface area contributed by atoms with Crippen LogP contribution in [-0.4, -0.2) is 11.7 Å². The number of carbonyl (C=O) groups excluding carboxylic acids is 2. The Morgan fingerprint density at radius 2 is 1.96 bits per heavy atom. The summed E-state index contributed by atoms with van der Waals surface area (Å²) in [5.74, 6) is -0.0951. The first-order chi connectivity index (χ1) is 13.0. The molecule has 0 radical (unpaired) electrons. The van der Waals surface area contributed by atoms with Crippen LogP contribution in [0.2, 0.25) is 5.02 Å². The fraction of sp³-hybridized carbons (Fsp3) is 0.238. The minimum atomic E-state index is -0.215. The third-order valence-corrected chi connectivity index (χ3v) is 5.29. The standard InChI is InChI=1S/C21H19ClN2O3/c1-13-17(21(26)23-15-7-5-14(22)6-8-15)11-18-19(3-2-4-20(18)25)24(13)16-9-10-27-12-16/h5-10,12H,2-4,11H2,1H3,(H,23,26). The molecule has 27 heavy (non-hydrogen) atoms. The molecule has 2 aromatic rings. The van der Waals surface area contributed by atoms with Crippen molar-refractivity contribution in [1.29, 1.82) is 0 Å². The molecule has 2 heterocycles. The lowest BCUT2D eigenvalue weighted by atomic mass is 9.85. The maximum absolute atomic E-state index is 13.0. The van der Waals surface area contributed by atoms with Crippen LogP contribution in [0.4, 0.5) is 11.4 Å². The van der Waals surface area contributed by atoms with E-state index in [2.05, 4.69) is 5.32 Å². The summed E-state index contributed by atoms with van der Waals surface area (Å²) < 4.78 is 5.24. The fourth-order valence-corrected chi connectivity index (χ4v) is 3.81. The highest BCUT2D eigenvalue weighted by Crippen LogP contribution is 2.40. The smallest absolute Gasteiger partial charge is 0.253 e. The molecule has 0 spiro atoms. The quantitative estimate of drug-likeness (QED) is 0.805. The second-order valence-electron chi connectivity index (χ2n) is 6.72. The van der Waals surface area contributed by atoms with Crippen LogP contribution in [0.3, 0.4) is 0 Å². The van der Waals surface area contributed by atoms with Gasteiger partial charge in [-0.25, -0.2) is 0 Å². The SMILES string of the molecule is CC1=C(C(=O)Nc2ccc(Cl)cc2)CC2=C(CCCC2=O)N1c1ccoc1. The Morgan fingerprint density at radius 1 is 1.19 bits per heavy atom. The summed E-state index contributed by atoms with van der Waals surface area (Å²) >= 11 is 5.91. The average molecular weight is 383 g/mol. The van der Waals surface area contributed by atoms with Crippen molar-refractivity contribution in [1.82, 2.24) is 0 Å². The van der Waals surface area contributed by atoms with Gasteiger partial charge in [-0.3, -0.25) is 9.59 Å². The Bertz CT molecular complexity index is 956. The zero-order valence-electron chi connectivity index (χ0n) is 14.9. The lowest BCUT2D eigenvalue weighted by Crippen LogP contribution is -2.34. The van der Waals surface area contributed by atoms with Crippen molar-refractivity contribution in [3.63, 3.8) is 0 Å². The molecule has 138 valence electrons. The molecule has 1 aromatic heterocycles. The average Bonchev–Trinajstić information content (AvgIpc) is 3.17. The van der Waals surface area contributed by atoms with E-state index >= 15 is 0 Å². The molecule has 0 saturated carbocycles. The van der Waals surface area contributed by atoms with Crippen LogP contribution in [0.25, 0.3) is 0 Å². The van der Waals surface area contributed by atoms with Gasteiger partial charge in [0, 0.05) is 52.2 Å². The second-order valence-corrected chi connectivity index (χ2v) is 7.16. The third-order valence-electron chi connectivity index (χ3n) is 5.04. The zero-order chi connectivity index (χ0) is 19.0. The van der Waals surface area contributed by atoms with Crippen molar-refractivity contribution < 1.29 is 14.0 Å². The lowest BCUT2D eigenvalue weighted by molar-refractivity contribution is -0.116. The number of anilines is 2. The van der Waals surface area contributed by atoms with Crippen molar-refractivity contribution in [3.05, 3.63) is 70.4 Å². The molecule has 2 aliphatic rings. The topological polar surface area (TPSA) is 62.6 Å². The normalized spacial score (nSPS) is 17.3. The number of ketones is 1. The highest BCUT2D eigenvalue weighted by atomic mass is 35.5. The first kappa shape index (κ1) is 17.6. The number of halogens is 1. The Morgan fingerprint density at radius 3 is 2.67 bits per heavy atom. The summed E-state index contributed by atoms with van der Waals surface area (Å²) in [5, 5.41) is 3.51. The summed E-state index contributed by atoms with van der Waals surface area (Å²) in [6, 6.07) is 8.80. The number of amides is 1. The van der Waals surface area contributed by atoms with Gasteiger partial charge in [0.2, 0.25) is 0 Å². The van der Waals surface area contributed by atoms with E-state index in [1.54, 1.807) is 36.8 Å². The van der Waals surface area contributed by atoms with Gasteiger partial charge in [0.15, 0.2) is 5.78 Å². The highest BCUT2D eigenvalue weighted by molar-refractivity contribution is 6.30. The monoisotopic (exact) mass is 382 g/mol. The highest BCUT2D eigenvalue weighted by Gasteiger charge is 2.34. The van der Waals surface area contributed by atoms with E-state index in [0.29, 0.717) is 29.1 Å².